The number of nitrogens with one attached hydrogen (secondary N) is 2. The van der Waals surface area contributed by atoms with Gasteiger partial charge in [-0.2, -0.15) is 27.1 Å². The Morgan fingerprint density at radius 3 is 2.58 bits per heavy atom. The summed E-state index contributed by atoms with van der Waals surface area (Å²) in [7, 11) is 1.39. The molecule has 13 heteroatoms. The topological polar surface area (TPSA) is 81.9 Å². The Balaban J connectivity index is 1.77. The summed E-state index contributed by atoms with van der Waals surface area (Å²) in [6.07, 6.45) is -3.37. The molecule has 0 saturated carbocycles. The lowest BCUT2D eigenvalue weighted by Crippen LogP contribution is -2.37. The number of benzene rings is 1. The van der Waals surface area contributed by atoms with Crippen molar-refractivity contribution in [3.05, 3.63) is 35.2 Å². The van der Waals surface area contributed by atoms with Gasteiger partial charge in [0.15, 0.2) is 23.2 Å². The fraction of sp³-hybridized carbons (Fsp3) is 0.444. The Morgan fingerprint density at radius 1 is 1.23 bits per heavy atom. The molecular weight excluding hydrogens is 429 g/mol. The lowest BCUT2D eigenvalue weighted by atomic mass is 10.1. The Bertz CT molecular complexity index is 945. The molecule has 0 spiro atoms. The molecular formula is C18H20F5N5O3. The zero-order valence-electron chi connectivity index (χ0n) is 16.6. The first-order valence-electron chi connectivity index (χ1n) is 9.16. The zero-order valence-corrected chi connectivity index (χ0v) is 16.6. The Hall–Kier alpha value is -3.25. The number of nitrogens with zero attached hydrogens (tertiary/aromatic N) is 3. The van der Waals surface area contributed by atoms with E-state index in [0.29, 0.717) is 17.9 Å². The van der Waals surface area contributed by atoms with Crippen molar-refractivity contribution >= 4 is 5.96 Å². The van der Waals surface area contributed by atoms with Gasteiger partial charge in [-0.05, 0) is 13.0 Å². The number of guanidine groups is 1. The van der Waals surface area contributed by atoms with Gasteiger partial charge in [-0.3, -0.25) is 4.68 Å². The van der Waals surface area contributed by atoms with Crippen molar-refractivity contribution in [3.8, 4) is 17.2 Å². The Labute approximate surface area is 174 Å². The molecule has 2 aromatic rings. The number of hydrogen-bond acceptors (Lipinski definition) is 5. The molecule has 1 aromatic heterocycles. The van der Waals surface area contributed by atoms with E-state index in [9.17, 15) is 22.0 Å². The zero-order chi connectivity index (χ0) is 22.6. The lowest BCUT2D eigenvalue weighted by Gasteiger charge is -2.15. The van der Waals surface area contributed by atoms with Gasteiger partial charge in [0.25, 0.3) is 0 Å². The van der Waals surface area contributed by atoms with Crippen LogP contribution in [-0.4, -0.2) is 35.7 Å². The molecule has 3 rings (SSSR count). The van der Waals surface area contributed by atoms with Gasteiger partial charge in [-0.15, -0.1) is 0 Å². The minimum atomic E-state index is -4.61. The normalized spacial score (nSPS) is 13.6. The molecule has 2 N–H and O–H groups in total. The van der Waals surface area contributed by atoms with Crippen LogP contribution < -0.4 is 24.8 Å². The average molecular weight is 449 g/mol. The third kappa shape index (κ3) is 5.67. The highest BCUT2D eigenvalue weighted by Gasteiger charge is 2.36. The van der Waals surface area contributed by atoms with Gasteiger partial charge in [0.2, 0.25) is 6.79 Å². The van der Waals surface area contributed by atoms with Crippen molar-refractivity contribution in [2.75, 3.05) is 13.3 Å². The molecule has 31 heavy (non-hydrogen) atoms. The molecule has 0 fully saturated rings. The summed E-state index contributed by atoms with van der Waals surface area (Å²) in [6, 6.07) is 2.78. The SMILES string of the molecule is CCNC(=NCc1cn(C)nc1C(F)(F)F)NCc1cc2c(cc1OC(F)F)OCO2. The second-order valence-electron chi connectivity index (χ2n) is 6.41. The average Bonchev–Trinajstić information content (AvgIpc) is 3.28. The molecule has 0 amide bonds. The van der Waals surface area contributed by atoms with E-state index in [4.69, 9.17) is 9.47 Å². The third-order valence-corrected chi connectivity index (χ3v) is 4.14. The number of hydrogen-bond donors (Lipinski definition) is 2. The van der Waals surface area contributed by atoms with E-state index < -0.39 is 18.5 Å². The van der Waals surface area contributed by atoms with E-state index in [0.717, 1.165) is 4.68 Å². The predicted molar refractivity (Wildman–Crippen MR) is 99.1 cm³/mol. The highest BCUT2D eigenvalue weighted by Crippen LogP contribution is 2.38. The van der Waals surface area contributed by atoms with E-state index in [1.165, 1.54) is 25.4 Å². The molecule has 0 bridgehead atoms. The number of aryl methyl sites for hydroxylation is 1. The first-order chi connectivity index (χ1) is 14.7. The van der Waals surface area contributed by atoms with Gasteiger partial charge in [0.1, 0.15) is 5.75 Å². The van der Waals surface area contributed by atoms with Crippen molar-refractivity contribution in [3.63, 3.8) is 0 Å². The third-order valence-electron chi connectivity index (χ3n) is 4.14. The maximum Gasteiger partial charge on any atom is 0.435 e. The van der Waals surface area contributed by atoms with Crippen LogP contribution in [-0.2, 0) is 26.3 Å². The van der Waals surface area contributed by atoms with Crippen LogP contribution in [0.25, 0.3) is 0 Å². The summed E-state index contributed by atoms with van der Waals surface area (Å²) >= 11 is 0. The minimum Gasteiger partial charge on any atom is -0.454 e. The van der Waals surface area contributed by atoms with Crippen LogP contribution in [0.4, 0.5) is 22.0 Å². The van der Waals surface area contributed by atoms with Crippen LogP contribution in [0, 0.1) is 0 Å². The number of alkyl halides is 5. The maximum absolute atomic E-state index is 13.1. The van der Waals surface area contributed by atoms with E-state index in [1.54, 1.807) is 6.92 Å². The van der Waals surface area contributed by atoms with E-state index in [2.05, 4.69) is 25.5 Å². The molecule has 0 unspecified atom stereocenters. The van der Waals surface area contributed by atoms with Gasteiger partial charge < -0.3 is 24.8 Å². The van der Waals surface area contributed by atoms with Gasteiger partial charge in [0, 0.05) is 43.5 Å². The molecule has 1 aromatic carbocycles. The van der Waals surface area contributed by atoms with Crippen molar-refractivity contribution < 1.29 is 36.2 Å². The second-order valence-corrected chi connectivity index (χ2v) is 6.41. The number of ether oxygens (including phenoxy) is 3. The van der Waals surface area contributed by atoms with Crippen LogP contribution in [0.1, 0.15) is 23.7 Å². The standard InChI is InChI=1S/C18H20F5N5O3/c1-3-24-17(26-7-11-8-28(2)27-15(11)18(21,22)23)25-6-10-4-13-14(30-9-29-13)5-12(10)31-16(19)20/h4-5,8,16H,3,6-7,9H2,1-2H3,(H2,24,25,26). The van der Waals surface area contributed by atoms with Crippen molar-refractivity contribution in [1.82, 2.24) is 20.4 Å². The molecule has 0 saturated heterocycles. The van der Waals surface area contributed by atoms with Crippen LogP contribution in [0.5, 0.6) is 17.2 Å². The fourth-order valence-corrected chi connectivity index (χ4v) is 2.89. The van der Waals surface area contributed by atoms with E-state index in [1.807, 2.05) is 0 Å². The van der Waals surface area contributed by atoms with Crippen LogP contribution in [0.2, 0.25) is 0 Å². The van der Waals surface area contributed by atoms with Gasteiger partial charge in [-0.1, -0.05) is 0 Å². The second kappa shape index (κ2) is 9.27. The summed E-state index contributed by atoms with van der Waals surface area (Å²) in [6.45, 7) is -1.20. The van der Waals surface area contributed by atoms with E-state index >= 15 is 0 Å². The molecule has 1 aliphatic rings. The molecule has 170 valence electrons. The summed E-state index contributed by atoms with van der Waals surface area (Å²) in [5.41, 5.74) is -0.789. The van der Waals surface area contributed by atoms with Crippen LogP contribution in [0.3, 0.4) is 0 Å². The summed E-state index contributed by atoms with van der Waals surface area (Å²) < 4.78 is 80.9. The van der Waals surface area contributed by atoms with Crippen LogP contribution >= 0.6 is 0 Å². The fourth-order valence-electron chi connectivity index (χ4n) is 2.89. The summed E-state index contributed by atoms with van der Waals surface area (Å²) in [5, 5.41) is 9.21. The summed E-state index contributed by atoms with van der Waals surface area (Å²) in [5.74, 6) is 0.705. The maximum atomic E-state index is 13.1. The number of aliphatic imine (C=N–C) groups is 1. The molecule has 0 atom stereocenters. The predicted octanol–water partition coefficient (Wildman–Crippen LogP) is 3.02. The number of aromatic nitrogens is 2. The van der Waals surface area contributed by atoms with Crippen molar-refractivity contribution in [2.24, 2.45) is 12.0 Å². The minimum absolute atomic E-state index is 0.0102. The largest absolute Gasteiger partial charge is 0.454 e. The molecule has 0 aliphatic carbocycles. The Kier molecular flexibility index (Phi) is 6.71. The first-order valence-corrected chi connectivity index (χ1v) is 9.16. The lowest BCUT2D eigenvalue weighted by molar-refractivity contribution is -0.142. The molecule has 2 heterocycles. The highest BCUT2D eigenvalue weighted by atomic mass is 19.4. The van der Waals surface area contributed by atoms with Gasteiger partial charge in [0.05, 0.1) is 6.54 Å². The van der Waals surface area contributed by atoms with Gasteiger partial charge >= 0.3 is 12.8 Å². The highest BCUT2D eigenvalue weighted by molar-refractivity contribution is 5.79. The smallest absolute Gasteiger partial charge is 0.435 e. The van der Waals surface area contributed by atoms with Crippen molar-refractivity contribution in [2.45, 2.75) is 32.8 Å². The summed E-state index contributed by atoms with van der Waals surface area (Å²) in [4.78, 5) is 4.15. The first kappa shape index (κ1) is 22.4. The Morgan fingerprint density at radius 2 is 1.94 bits per heavy atom. The molecule has 0 radical (unpaired) electrons. The monoisotopic (exact) mass is 449 g/mol. The number of rotatable bonds is 7. The van der Waals surface area contributed by atoms with Crippen molar-refractivity contribution in [1.29, 1.82) is 0 Å². The van der Waals surface area contributed by atoms with E-state index in [-0.39, 0.29) is 42.9 Å². The molecule has 1 aliphatic heterocycles. The quantitative estimate of drug-likeness (QED) is 0.384. The number of fused-ring (bicyclic) bond motifs is 1. The number of halogens is 5. The van der Waals surface area contributed by atoms with Gasteiger partial charge in [-0.25, -0.2) is 4.99 Å². The van der Waals surface area contributed by atoms with Crippen LogP contribution in [0.15, 0.2) is 23.3 Å². The molecule has 8 nitrogen and oxygen atoms in total.